The second kappa shape index (κ2) is 4.41. The van der Waals surface area contributed by atoms with Gasteiger partial charge in [-0.25, -0.2) is 4.39 Å². The van der Waals surface area contributed by atoms with Crippen molar-refractivity contribution in [3.05, 3.63) is 58.7 Å². The zero-order chi connectivity index (χ0) is 9.68. The van der Waals surface area contributed by atoms with Crippen LogP contribution in [0.25, 0.3) is 13.2 Å². The number of hydrogen-bond acceptors (Lipinski definition) is 0. The zero-order valence-corrected chi connectivity index (χ0v) is 7.33. The largest absolute Gasteiger partial charge is 0.206 e. The van der Waals surface area contributed by atoms with Crippen LogP contribution in [0.2, 0.25) is 0 Å². The fraction of sp³-hybridized carbons (Fsp3) is 0. The molecule has 0 saturated heterocycles. The Hall–Kier alpha value is -1.63. The molecule has 0 bridgehead atoms. The van der Waals surface area contributed by atoms with E-state index in [1.807, 2.05) is 6.07 Å². The third-order valence-corrected chi connectivity index (χ3v) is 1.58. The summed E-state index contributed by atoms with van der Waals surface area (Å²) >= 11 is 0. The van der Waals surface area contributed by atoms with Crippen LogP contribution >= 0.6 is 0 Å². The molecule has 13 heavy (non-hydrogen) atoms. The summed E-state index contributed by atoms with van der Waals surface area (Å²) in [7, 11) is 0. The topological polar surface area (TPSA) is 0 Å². The van der Waals surface area contributed by atoms with Gasteiger partial charge >= 0.3 is 0 Å². The Morgan fingerprint density at radius 3 is 2.23 bits per heavy atom. The molecule has 0 aromatic heterocycles. The Bertz CT molecular complexity index is 433. The summed E-state index contributed by atoms with van der Waals surface area (Å²) in [5.74, 6) is -0.324. The van der Waals surface area contributed by atoms with Gasteiger partial charge in [-0.1, -0.05) is 49.6 Å². The molecule has 1 rings (SSSR count). The molecular formula is C12H11F. The average Bonchev–Trinajstić information content (AvgIpc) is 2.11. The summed E-state index contributed by atoms with van der Waals surface area (Å²) in [4.78, 5) is 0. The predicted octanol–water partition coefficient (Wildman–Crippen LogP) is 1.77. The maximum absolute atomic E-state index is 13.1. The van der Waals surface area contributed by atoms with E-state index in [1.165, 1.54) is 6.07 Å². The van der Waals surface area contributed by atoms with Gasteiger partial charge in [0.05, 0.1) is 0 Å². The summed E-state index contributed by atoms with van der Waals surface area (Å²) in [5.41, 5.74) is 0. The fourth-order valence-corrected chi connectivity index (χ4v) is 0.849. The Balaban J connectivity index is 3.49. The van der Waals surface area contributed by atoms with E-state index in [2.05, 4.69) is 13.2 Å². The summed E-state index contributed by atoms with van der Waals surface area (Å²) in [5, 5.41) is 1.21. The van der Waals surface area contributed by atoms with Crippen molar-refractivity contribution in [2.45, 2.75) is 0 Å². The van der Waals surface area contributed by atoms with Crippen molar-refractivity contribution in [3.63, 3.8) is 0 Å². The van der Waals surface area contributed by atoms with Crippen molar-refractivity contribution in [2.75, 3.05) is 0 Å². The molecule has 66 valence electrons. The summed E-state index contributed by atoms with van der Waals surface area (Å²) in [6, 6.07) is 11.7. The lowest BCUT2D eigenvalue weighted by atomic mass is 10.3. The molecule has 0 aliphatic carbocycles. The van der Waals surface area contributed by atoms with Crippen molar-refractivity contribution in [2.24, 2.45) is 0 Å². The lowest BCUT2D eigenvalue weighted by Crippen LogP contribution is -1.99. The molecule has 1 aromatic rings. The molecule has 0 heterocycles. The number of halogens is 1. The van der Waals surface area contributed by atoms with E-state index >= 15 is 0 Å². The van der Waals surface area contributed by atoms with Crippen molar-refractivity contribution < 1.29 is 4.39 Å². The number of rotatable bonds is 0. The molecule has 0 fully saturated rings. The van der Waals surface area contributed by atoms with E-state index < -0.39 is 0 Å². The molecule has 0 amide bonds. The lowest BCUT2D eigenvalue weighted by molar-refractivity contribution is 0.621. The van der Waals surface area contributed by atoms with Crippen molar-refractivity contribution in [1.82, 2.24) is 0 Å². The Morgan fingerprint density at radius 2 is 1.46 bits per heavy atom. The van der Waals surface area contributed by atoms with E-state index in [4.69, 9.17) is 0 Å². The van der Waals surface area contributed by atoms with Crippen LogP contribution in [0.3, 0.4) is 0 Å². The van der Waals surface area contributed by atoms with Crippen LogP contribution in [-0.2, 0) is 0 Å². The van der Waals surface area contributed by atoms with Crippen LogP contribution in [0, 0.1) is 5.82 Å². The highest BCUT2D eigenvalue weighted by Crippen LogP contribution is 1.81. The third-order valence-electron chi connectivity index (χ3n) is 1.58. The molecule has 1 aromatic carbocycles. The molecule has 0 unspecified atom stereocenters. The molecule has 0 aliphatic heterocycles. The zero-order valence-electron chi connectivity index (χ0n) is 7.33. The Labute approximate surface area is 77.0 Å². The highest BCUT2D eigenvalue weighted by molar-refractivity contribution is 5.11. The quantitative estimate of drug-likeness (QED) is 0.562. The first-order valence-electron chi connectivity index (χ1n) is 3.97. The molecule has 0 atom stereocenters. The van der Waals surface area contributed by atoms with Crippen LogP contribution in [-0.4, -0.2) is 0 Å². The first kappa shape index (κ1) is 9.46. The first-order chi connectivity index (χ1) is 6.20. The van der Waals surface area contributed by atoms with E-state index in [0.29, 0.717) is 5.22 Å². The van der Waals surface area contributed by atoms with Crippen molar-refractivity contribution >= 4 is 13.2 Å². The van der Waals surface area contributed by atoms with Crippen LogP contribution in [0.5, 0.6) is 0 Å². The molecule has 0 aliphatic rings. The van der Waals surface area contributed by atoms with Gasteiger partial charge in [-0.3, -0.25) is 0 Å². The smallest absolute Gasteiger partial charge is 0.129 e. The van der Waals surface area contributed by atoms with Gasteiger partial charge in [0, 0.05) is 5.22 Å². The molecule has 0 spiro atoms. The third kappa shape index (κ3) is 3.08. The van der Waals surface area contributed by atoms with E-state index in [1.54, 1.807) is 30.3 Å². The lowest BCUT2D eigenvalue weighted by Gasteiger charge is -1.81. The van der Waals surface area contributed by atoms with E-state index in [-0.39, 0.29) is 5.82 Å². The second-order valence-corrected chi connectivity index (χ2v) is 2.69. The van der Waals surface area contributed by atoms with Gasteiger partial charge in [-0.05, 0) is 11.3 Å². The van der Waals surface area contributed by atoms with Crippen LogP contribution < -0.4 is 10.4 Å². The van der Waals surface area contributed by atoms with Gasteiger partial charge < -0.3 is 0 Å². The molecular weight excluding hydrogens is 163 g/mol. The summed E-state index contributed by atoms with van der Waals surface area (Å²) in [6.07, 6.45) is 0. The normalized spacial score (nSPS) is 9.00. The highest BCUT2D eigenvalue weighted by atomic mass is 19.1. The summed E-state index contributed by atoms with van der Waals surface area (Å²) in [6.45, 7) is 7.32. The SMILES string of the molecule is C=c1ccccc(=C)c(F)ccc1. The Kier molecular flexibility index (Phi) is 3.21. The minimum absolute atomic E-state index is 0.324. The predicted molar refractivity (Wildman–Crippen MR) is 54.3 cm³/mol. The molecule has 1 heteroatoms. The maximum Gasteiger partial charge on any atom is 0.129 e. The second-order valence-electron chi connectivity index (χ2n) is 2.69. The summed E-state index contributed by atoms with van der Waals surface area (Å²) < 4.78 is 13.1. The standard InChI is InChI=1S/C12H11F/c1-10-6-3-4-8-11(2)12(13)9-5-7-10/h3-9H,1-2H2. The van der Waals surface area contributed by atoms with Crippen molar-refractivity contribution in [1.29, 1.82) is 0 Å². The van der Waals surface area contributed by atoms with Gasteiger partial charge in [0.1, 0.15) is 5.82 Å². The van der Waals surface area contributed by atoms with Gasteiger partial charge in [0.15, 0.2) is 0 Å². The monoisotopic (exact) mass is 174 g/mol. The Morgan fingerprint density at radius 1 is 0.846 bits per heavy atom. The molecule has 0 radical (unpaired) electrons. The van der Waals surface area contributed by atoms with Gasteiger partial charge in [0.2, 0.25) is 0 Å². The van der Waals surface area contributed by atoms with Gasteiger partial charge in [-0.15, -0.1) is 0 Å². The minimum atomic E-state index is -0.324. The number of hydrogen-bond donors (Lipinski definition) is 0. The van der Waals surface area contributed by atoms with Gasteiger partial charge in [-0.2, -0.15) is 0 Å². The van der Waals surface area contributed by atoms with Gasteiger partial charge in [0.25, 0.3) is 0 Å². The fourth-order valence-electron chi connectivity index (χ4n) is 0.849. The molecule has 0 saturated carbocycles. The van der Waals surface area contributed by atoms with Crippen molar-refractivity contribution in [3.8, 4) is 0 Å². The minimum Gasteiger partial charge on any atom is -0.206 e. The van der Waals surface area contributed by atoms with Crippen LogP contribution in [0.1, 0.15) is 0 Å². The van der Waals surface area contributed by atoms with E-state index in [9.17, 15) is 4.39 Å². The average molecular weight is 174 g/mol. The van der Waals surface area contributed by atoms with E-state index in [0.717, 1.165) is 5.22 Å². The van der Waals surface area contributed by atoms with Crippen LogP contribution in [0.15, 0.2) is 42.5 Å². The first-order valence-corrected chi connectivity index (χ1v) is 3.97. The van der Waals surface area contributed by atoms with Crippen LogP contribution in [0.4, 0.5) is 4.39 Å². The maximum atomic E-state index is 13.1. The highest BCUT2D eigenvalue weighted by Gasteiger charge is 1.80. The molecule has 0 N–H and O–H groups in total. The molecule has 0 nitrogen and oxygen atoms in total.